The molecule has 8 nitrogen and oxygen atoms in total. The lowest BCUT2D eigenvalue weighted by atomic mass is 10.1. The van der Waals surface area contributed by atoms with E-state index < -0.39 is 21.1 Å². The molecule has 1 rings (SSSR count). The van der Waals surface area contributed by atoms with Crippen LogP contribution in [-0.4, -0.2) is 33.9 Å². The van der Waals surface area contributed by atoms with Crippen LogP contribution >= 0.6 is 11.8 Å². The van der Waals surface area contributed by atoms with Gasteiger partial charge in [-0.25, -0.2) is 0 Å². The lowest BCUT2D eigenvalue weighted by Crippen LogP contribution is -2.22. The van der Waals surface area contributed by atoms with Gasteiger partial charge in [-0.15, -0.1) is 11.8 Å². The average Bonchev–Trinajstić information content (AvgIpc) is 2.45. The molecule has 21 heavy (non-hydrogen) atoms. The summed E-state index contributed by atoms with van der Waals surface area (Å²) in [6, 6.07) is 3.40. The molecule has 0 spiro atoms. The van der Waals surface area contributed by atoms with Crippen molar-refractivity contribution in [1.29, 1.82) is 0 Å². The number of methoxy groups -OCH3 is 1. The molecule has 0 aliphatic carbocycles. The van der Waals surface area contributed by atoms with Crippen LogP contribution in [0.25, 0.3) is 0 Å². The van der Waals surface area contributed by atoms with Gasteiger partial charge in [-0.3, -0.25) is 25.0 Å². The van der Waals surface area contributed by atoms with Gasteiger partial charge in [0.05, 0.1) is 23.0 Å². The van der Waals surface area contributed by atoms with E-state index in [0.29, 0.717) is 5.75 Å². The fourth-order valence-corrected chi connectivity index (χ4v) is 2.68. The summed E-state index contributed by atoms with van der Waals surface area (Å²) < 4.78 is 4.66. The lowest BCUT2D eigenvalue weighted by Gasteiger charge is -2.13. The molecular formula is C12H14N2O6S. The Morgan fingerprint density at radius 2 is 2.00 bits per heavy atom. The van der Waals surface area contributed by atoms with Crippen LogP contribution in [0.5, 0.6) is 0 Å². The van der Waals surface area contributed by atoms with Gasteiger partial charge in [0, 0.05) is 18.1 Å². The molecular weight excluding hydrogens is 300 g/mol. The molecule has 1 atom stereocenters. The minimum atomic E-state index is -0.699. The van der Waals surface area contributed by atoms with Gasteiger partial charge in [-0.2, -0.15) is 0 Å². The predicted octanol–water partition coefficient (Wildman–Crippen LogP) is 2.34. The van der Waals surface area contributed by atoms with Crippen molar-refractivity contribution < 1.29 is 19.4 Å². The Hall–Kier alpha value is -2.16. The van der Waals surface area contributed by atoms with Crippen molar-refractivity contribution in [3.63, 3.8) is 0 Å². The second kappa shape index (κ2) is 7.58. The van der Waals surface area contributed by atoms with Crippen LogP contribution in [-0.2, 0) is 16.0 Å². The zero-order valence-electron chi connectivity index (χ0n) is 11.5. The van der Waals surface area contributed by atoms with Gasteiger partial charge in [0.15, 0.2) is 0 Å². The predicted molar refractivity (Wildman–Crippen MR) is 77.4 cm³/mol. The first kappa shape index (κ1) is 16.9. The molecule has 0 bridgehead atoms. The molecule has 1 unspecified atom stereocenters. The molecule has 1 aromatic carbocycles. The first-order valence-corrected chi connectivity index (χ1v) is 7.06. The quantitative estimate of drug-likeness (QED) is 0.431. The fourth-order valence-electron chi connectivity index (χ4n) is 1.75. The number of ether oxygens (including phenoxy) is 1. The van der Waals surface area contributed by atoms with E-state index in [9.17, 15) is 25.0 Å². The summed E-state index contributed by atoms with van der Waals surface area (Å²) in [6.07, 6.45) is 0.0828. The van der Waals surface area contributed by atoms with Gasteiger partial charge in [0.25, 0.3) is 11.4 Å². The Kier molecular flexibility index (Phi) is 6.10. The first-order chi connectivity index (χ1) is 9.90. The number of nitro groups is 2. The molecule has 0 radical (unpaired) electrons. The third-order valence-electron chi connectivity index (χ3n) is 2.71. The second-order valence-electron chi connectivity index (χ2n) is 4.00. The van der Waals surface area contributed by atoms with Gasteiger partial charge in [0.1, 0.15) is 5.25 Å². The number of carbonyl (C=O) groups excluding carboxylic acids is 1. The molecule has 1 aromatic rings. The van der Waals surface area contributed by atoms with E-state index in [0.717, 1.165) is 6.07 Å². The highest BCUT2D eigenvalue weighted by Gasteiger charge is 2.26. The third kappa shape index (κ3) is 4.42. The highest BCUT2D eigenvalue weighted by atomic mass is 32.2. The number of thioether (sulfide) groups is 1. The molecule has 0 aromatic heterocycles. The molecule has 9 heteroatoms. The fraction of sp³-hybridized carbons (Fsp3) is 0.417. The standard InChI is InChI=1S/C12H14N2O6S/c1-3-21-11(12(15)20-2)6-8-4-5-9(13(16)17)7-10(8)14(18)19/h4-5,7,11H,3,6H2,1-2H3. The van der Waals surface area contributed by atoms with E-state index >= 15 is 0 Å². The van der Waals surface area contributed by atoms with Crippen LogP contribution in [0.4, 0.5) is 11.4 Å². The monoisotopic (exact) mass is 314 g/mol. The summed E-state index contributed by atoms with van der Waals surface area (Å²) >= 11 is 1.30. The highest BCUT2D eigenvalue weighted by Crippen LogP contribution is 2.28. The normalized spacial score (nSPS) is 11.7. The summed E-state index contributed by atoms with van der Waals surface area (Å²) in [5.41, 5.74) is -0.458. The third-order valence-corrected chi connectivity index (χ3v) is 3.81. The maximum atomic E-state index is 11.6. The zero-order valence-corrected chi connectivity index (χ0v) is 12.3. The molecule has 0 aliphatic heterocycles. The van der Waals surface area contributed by atoms with Gasteiger partial charge in [0.2, 0.25) is 0 Å². The maximum absolute atomic E-state index is 11.6. The van der Waals surface area contributed by atoms with E-state index in [1.807, 2.05) is 6.92 Å². The Morgan fingerprint density at radius 3 is 2.48 bits per heavy atom. The number of nitro benzene ring substituents is 2. The minimum absolute atomic E-state index is 0.0828. The van der Waals surface area contributed by atoms with Crippen molar-refractivity contribution in [1.82, 2.24) is 0 Å². The number of benzene rings is 1. The molecule has 0 fully saturated rings. The smallest absolute Gasteiger partial charge is 0.319 e. The summed E-state index contributed by atoms with van der Waals surface area (Å²) in [4.78, 5) is 32.0. The Bertz CT molecular complexity index is 563. The van der Waals surface area contributed by atoms with Crippen molar-refractivity contribution in [2.45, 2.75) is 18.6 Å². The molecule has 0 heterocycles. The maximum Gasteiger partial charge on any atom is 0.319 e. The zero-order chi connectivity index (χ0) is 16.0. The van der Waals surface area contributed by atoms with E-state index in [1.54, 1.807) is 0 Å². The molecule has 0 N–H and O–H groups in total. The molecule has 0 saturated carbocycles. The van der Waals surface area contributed by atoms with Crippen molar-refractivity contribution in [2.75, 3.05) is 12.9 Å². The van der Waals surface area contributed by atoms with Crippen molar-refractivity contribution in [3.05, 3.63) is 44.0 Å². The first-order valence-electron chi connectivity index (χ1n) is 6.01. The number of esters is 1. The minimum Gasteiger partial charge on any atom is -0.468 e. The van der Waals surface area contributed by atoms with Gasteiger partial charge < -0.3 is 4.74 Å². The molecule has 114 valence electrons. The van der Waals surface area contributed by atoms with E-state index in [2.05, 4.69) is 4.74 Å². The van der Waals surface area contributed by atoms with Gasteiger partial charge >= 0.3 is 5.97 Å². The lowest BCUT2D eigenvalue weighted by molar-refractivity contribution is -0.394. The highest BCUT2D eigenvalue weighted by molar-refractivity contribution is 8.00. The van der Waals surface area contributed by atoms with Crippen LogP contribution in [0.3, 0.4) is 0 Å². The topological polar surface area (TPSA) is 113 Å². The number of hydrogen-bond acceptors (Lipinski definition) is 7. The van der Waals surface area contributed by atoms with Crippen molar-refractivity contribution in [2.24, 2.45) is 0 Å². The molecule has 0 amide bonds. The Balaban J connectivity index is 3.13. The Morgan fingerprint density at radius 1 is 1.33 bits per heavy atom. The van der Waals surface area contributed by atoms with E-state index in [1.165, 1.54) is 31.0 Å². The largest absolute Gasteiger partial charge is 0.468 e. The van der Waals surface area contributed by atoms with Crippen LogP contribution in [0, 0.1) is 20.2 Å². The second-order valence-corrected chi connectivity index (χ2v) is 5.48. The van der Waals surface area contributed by atoms with Gasteiger partial charge in [-0.1, -0.05) is 6.92 Å². The Labute approximate surface area is 124 Å². The summed E-state index contributed by atoms with van der Waals surface area (Å²) in [7, 11) is 1.25. The van der Waals surface area contributed by atoms with Crippen molar-refractivity contribution >= 4 is 29.1 Å². The van der Waals surface area contributed by atoms with Crippen molar-refractivity contribution in [3.8, 4) is 0 Å². The summed E-state index contributed by atoms with van der Waals surface area (Å²) in [5, 5.41) is 21.1. The summed E-state index contributed by atoms with van der Waals surface area (Å²) in [5.74, 6) is 0.162. The average molecular weight is 314 g/mol. The number of rotatable bonds is 7. The summed E-state index contributed by atoms with van der Waals surface area (Å²) in [6.45, 7) is 1.85. The van der Waals surface area contributed by atoms with Gasteiger partial charge in [-0.05, 0) is 11.8 Å². The van der Waals surface area contributed by atoms with E-state index in [4.69, 9.17) is 0 Å². The van der Waals surface area contributed by atoms with Crippen LogP contribution < -0.4 is 0 Å². The number of carbonyl (C=O) groups is 1. The van der Waals surface area contributed by atoms with Crippen LogP contribution in [0.2, 0.25) is 0 Å². The SMILES string of the molecule is CCSC(Cc1ccc([N+](=O)[O-])cc1[N+](=O)[O-])C(=O)OC. The number of nitrogens with zero attached hydrogens (tertiary/aromatic N) is 2. The van der Waals surface area contributed by atoms with Crippen LogP contribution in [0.1, 0.15) is 12.5 Å². The molecule has 0 aliphatic rings. The van der Waals surface area contributed by atoms with E-state index in [-0.39, 0.29) is 23.4 Å². The molecule has 0 saturated heterocycles. The number of non-ortho nitro benzene ring substituents is 1. The van der Waals surface area contributed by atoms with Crippen LogP contribution in [0.15, 0.2) is 18.2 Å². The number of hydrogen-bond donors (Lipinski definition) is 0.